The van der Waals surface area contributed by atoms with Crippen molar-refractivity contribution in [1.82, 2.24) is 5.32 Å². The summed E-state index contributed by atoms with van der Waals surface area (Å²) < 4.78 is 5.42. The second kappa shape index (κ2) is 6.95. The Morgan fingerprint density at radius 2 is 2.43 bits per heavy atom. The van der Waals surface area contributed by atoms with Gasteiger partial charge in [0.15, 0.2) is 0 Å². The molecule has 0 aromatic heterocycles. The Bertz CT molecular complexity index is 553. The van der Waals surface area contributed by atoms with Gasteiger partial charge in [-0.1, -0.05) is 13.0 Å². The number of morpholine rings is 1. The van der Waals surface area contributed by atoms with E-state index in [1.54, 1.807) is 12.1 Å². The molecule has 1 amide bonds. The molecule has 3 N–H and O–H groups in total. The average Bonchev–Trinajstić information content (AvgIpc) is 2.53. The molecule has 1 aliphatic heterocycles. The highest BCUT2D eigenvalue weighted by molar-refractivity contribution is 5.87. The van der Waals surface area contributed by atoms with E-state index in [0.29, 0.717) is 43.2 Å². The molecule has 0 aliphatic carbocycles. The van der Waals surface area contributed by atoms with E-state index < -0.39 is 6.04 Å². The number of nitrogens with one attached hydrogen (secondary N) is 1. The van der Waals surface area contributed by atoms with Gasteiger partial charge in [0.2, 0.25) is 5.91 Å². The number of rotatable bonds is 4. The summed E-state index contributed by atoms with van der Waals surface area (Å²) in [5.41, 5.74) is 7.60. The zero-order valence-corrected chi connectivity index (χ0v) is 12.1. The van der Waals surface area contributed by atoms with Crippen molar-refractivity contribution >= 4 is 17.3 Å². The molecule has 1 saturated heterocycles. The fraction of sp³-hybridized carbons (Fsp3) is 0.467. The van der Waals surface area contributed by atoms with E-state index in [1.165, 1.54) is 0 Å². The first kappa shape index (κ1) is 15.1. The van der Waals surface area contributed by atoms with Crippen LogP contribution in [0.1, 0.15) is 18.9 Å². The van der Waals surface area contributed by atoms with Gasteiger partial charge in [-0.2, -0.15) is 5.26 Å². The van der Waals surface area contributed by atoms with Crippen LogP contribution in [0.5, 0.6) is 0 Å². The van der Waals surface area contributed by atoms with Crippen molar-refractivity contribution in [3.63, 3.8) is 0 Å². The van der Waals surface area contributed by atoms with Crippen LogP contribution in [0.15, 0.2) is 18.2 Å². The standard InChI is InChI=1S/C15H20N4O2/c1-2-6-18-15(20)13-10-21-8-7-19(13)12-5-3-4-11(9-16)14(12)17/h3-5,13H,2,6-8,10,17H2,1H3,(H,18,20). The van der Waals surface area contributed by atoms with E-state index in [-0.39, 0.29) is 5.91 Å². The third-order valence-corrected chi connectivity index (χ3v) is 3.49. The normalized spacial score (nSPS) is 18.1. The summed E-state index contributed by atoms with van der Waals surface area (Å²) in [7, 11) is 0. The van der Waals surface area contributed by atoms with Gasteiger partial charge < -0.3 is 20.7 Å². The first-order chi connectivity index (χ1) is 10.2. The van der Waals surface area contributed by atoms with Gasteiger partial charge in [-0.15, -0.1) is 0 Å². The predicted molar refractivity (Wildman–Crippen MR) is 80.8 cm³/mol. The SMILES string of the molecule is CCCNC(=O)C1COCCN1c1cccc(C#N)c1N. The molecule has 1 fully saturated rings. The Labute approximate surface area is 124 Å². The summed E-state index contributed by atoms with van der Waals surface area (Å²) in [4.78, 5) is 14.2. The number of nitrogens with zero attached hydrogens (tertiary/aromatic N) is 2. The van der Waals surface area contributed by atoms with E-state index in [1.807, 2.05) is 17.9 Å². The largest absolute Gasteiger partial charge is 0.396 e. The van der Waals surface area contributed by atoms with Crippen molar-refractivity contribution in [2.45, 2.75) is 19.4 Å². The van der Waals surface area contributed by atoms with Crippen molar-refractivity contribution in [3.05, 3.63) is 23.8 Å². The molecule has 1 aromatic rings. The van der Waals surface area contributed by atoms with E-state index >= 15 is 0 Å². The third kappa shape index (κ3) is 3.26. The van der Waals surface area contributed by atoms with Crippen LogP contribution >= 0.6 is 0 Å². The van der Waals surface area contributed by atoms with Crippen molar-refractivity contribution < 1.29 is 9.53 Å². The lowest BCUT2D eigenvalue weighted by molar-refractivity contribution is -0.124. The lowest BCUT2D eigenvalue weighted by atomic mass is 10.1. The Morgan fingerprint density at radius 3 is 3.14 bits per heavy atom. The number of hydrogen-bond acceptors (Lipinski definition) is 5. The molecule has 1 aromatic carbocycles. The smallest absolute Gasteiger partial charge is 0.245 e. The number of benzene rings is 1. The monoisotopic (exact) mass is 288 g/mol. The Balaban J connectivity index is 2.27. The van der Waals surface area contributed by atoms with Crippen LogP contribution in [0.25, 0.3) is 0 Å². The lowest BCUT2D eigenvalue weighted by Crippen LogP contribution is -2.54. The molecular formula is C15H20N4O2. The Morgan fingerprint density at radius 1 is 1.62 bits per heavy atom. The van der Waals surface area contributed by atoms with Crippen molar-refractivity contribution in [3.8, 4) is 6.07 Å². The van der Waals surface area contributed by atoms with Crippen molar-refractivity contribution in [1.29, 1.82) is 5.26 Å². The molecule has 6 nitrogen and oxygen atoms in total. The predicted octanol–water partition coefficient (Wildman–Crippen LogP) is 0.872. The molecule has 2 rings (SSSR count). The number of anilines is 2. The topological polar surface area (TPSA) is 91.4 Å². The number of nitrogens with two attached hydrogens (primary N) is 1. The number of hydrogen-bond donors (Lipinski definition) is 2. The van der Waals surface area contributed by atoms with Crippen molar-refractivity contribution in [2.75, 3.05) is 36.9 Å². The average molecular weight is 288 g/mol. The summed E-state index contributed by atoms with van der Waals surface area (Å²) >= 11 is 0. The molecule has 1 aliphatic rings. The van der Waals surface area contributed by atoms with Gasteiger partial charge >= 0.3 is 0 Å². The number of nitriles is 1. The van der Waals surface area contributed by atoms with E-state index in [0.717, 1.165) is 6.42 Å². The first-order valence-electron chi connectivity index (χ1n) is 7.09. The molecule has 0 spiro atoms. The molecule has 6 heteroatoms. The second-order valence-corrected chi connectivity index (χ2v) is 4.93. The minimum atomic E-state index is -0.415. The highest BCUT2D eigenvalue weighted by Gasteiger charge is 2.30. The number of carbonyl (C=O) groups excluding carboxylic acids is 1. The molecule has 1 atom stereocenters. The van der Waals surface area contributed by atoms with Gasteiger partial charge in [0.05, 0.1) is 30.2 Å². The van der Waals surface area contributed by atoms with E-state index in [2.05, 4.69) is 11.4 Å². The van der Waals surface area contributed by atoms with Crippen LogP contribution in [0.4, 0.5) is 11.4 Å². The molecule has 112 valence electrons. The maximum Gasteiger partial charge on any atom is 0.245 e. The number of amides is 1. The zero-order chi connectivity index (χ0) is 15.2. The van der Waals surface area contributed by atoms with Crippen LogP contribution in [-0.2, 0) is 9.53 Å². The number of carbonyl (C=O) groups is 1. The zero-order valence-electron chi connectivity index (χ0n) is 12.1. The molecule has 0 radical (unpaired) electrons. The fourth-order valence-corrected chi connectivity index (χ4v) is 2.38. The van der Waals surface area contributed by atoms with Crippen LogP contribution < -0.4 is 16.0 Å². The van der Waals surface area contributed by atoms with Gasteiger partial charge in [-0.05, 0) is 18.6 Å². The molecule has 1 heterocycles. The van der Waals surface area contributed by atoms with Gasteiger partial charge in [0.1, 0.15) is 12.1 Å². The molecule has 21 heavy (non-hydrogen) atoms. The minimum Gasteiger partial charge on any atom is -0.396 e. The summed E-state index contributed by atoms with van der Waals surface area (Å²) in [5.74, 6) is -0.0710. The van der Waals surface area contributed by atoms with Crippen LogP contribution in [0.3, 0.4) is 0 Å². The maximum atomic E-state index is 12.3. The van der Waals surface area contributed by atoms with Crippen molar-refractivity contribution in [2.24, 2.45) is 0 Å². The van der Waals surface area contributed by atoms with Crippen LogP contribution in [-0.4, -0.2) is 38.3 Å². The Hall–Kier alpha value is -2.26. The van der Waals surface area contributed by atoms with E-state index in [4.69, 9.17) is 15.7 Å². The van der Waals surface area contributed by atoms with Gasteiger partial charge in [0.25, 0.3) is 0 Å². The number of para-hydroxylation sites is 1. The summed E-state index contributed by atoms with van der Waals surface area (Å²) in [6, 6.07) is 6.94. The minimum absolute atomic E-state index is 0.0710. The molecule has 1 unspecified atom stereocenters. The van der Waals surface area contributed by atoms with Gasteiger partial charge in [-0.3, -0.25) is 4.79 Å². The first-order valence-corrected chi connectivity index (χ1v) is 7.09. The quantitative estimate of drug-likeness (QED) is 0.802. The fourth-order valence-electron chi connectivity index (χ4n) is 2.38. The maximum absolute atomic E-state index is 12.3. The highest BCUT2D eigenvalue weighted by Crippen LogP contribution is 2.29. The highest BCUT2D eigenvalue weighted by atomic mass is 16.5. The third-order valence-electron chi connectivity index (χ3n) is 3.49. The van der Waals surface area contributed by atoms with E-state index in [9.17, 15) is 4.79 Å². The summed E-state index contributed by atoms with van der Waals surface area (Å²) in [6.45, 7) is 4.07. The number of nitrogen functional groups attached to an aromatic ring is 1. The lowest BCUT2D eigenvalue weighted by Gasteiger charge is -2.37. The van der Waals surface area contributed by atoms with Crippen LogP contribution in [0.2, 0.25) is 0 Å². The van der Waals surface area contributed by atoms with Crippen LogP contribution in [0, 0.1) is 11.3 Å². The summed E-state index contributed by atoms with van der Waals surface area (Å²) in [6.07, 6.45) is 0.880. The van der Waals surface area contributed by atoms with Gasteiger partial charge in [0, 0.05) is 13.1 Å². The number of ether oxygens (including phenoxy) is 1. The second-order valence-electron chi connectivity index (χ2n) is 4.93. The summed E-state index contributed by atoms with van der Waals surface area (Å²) in [5, 5.41) is 12.0. The molecule has 0 saturated carbocycles. The molecular weight excluding hydrogens is 268 g/mol. The van der Waals surface area contributed by atoms with Gasteiger partial charge in [-0.25, -0.2) is 0 Å². The Kier molecular flexibility index (Phi) is 5.01. The molecule has 0 bridgehead atoms.